The maximum absolute atomic E-state index is 13.4. The molecule has 2 aromatic rings. The minimum atomic E-state index is -0.384. The molecule has 0 bridgehead atoms. The average Bonchev–Trinajstić information content (AvgIpc) is 2.38. The molecule has 0 aromatic heterocycles. The monoisotopic (exact) mass is 261 g/mol. The molecule has 0 saturated heterocycles. The quantitative estimate of drug-likeness (QED) is 0.859. The molecule has 0 spiro atoms. The number of nitrogens with two attached hydrogens (primary N) is 1. The summed E-state index contributed by atoms with van der Waals surface area (Å²) in [7, 11) is 0. The van der Waals surface area contributed by atoms with Gasteiger partial charge in [0.05, 0.1) is 0 Å². The predicted molar refractivity (Wildman–Crippen MR) is 73.1 cm³/mol. The molecule has 0 fully saturated rings. The molecule has 0 heterocycles. The van der Waals surface area contributed by atoms with E-state index in [4.69, 9.17) is 22.7 Å². The van der Waals surface area contributed by atoms with Gasteiger partial charge in [-0.05, 0) is 17.7 Å². The standard InChI is InChI=1S/C14H12FNOS/c15-12-7-3-4-8-13(12)17-9-10-5-1-2-6-11(10)14(16)18/h1-8H,9H2,(H2,16,18). The Labute approximate surface area is 110 Å². The second-order valence-electron chi connectivity index (χ2n) is 3.74. The highest BCUT2D eigenvalue weighted by Gasteiger charge is 2.06. The van der Waals surface area contributed by atoms with Gasteiger partial charge in [-0.2, -0.15) is 0 Å². The van der Waals surface area contributed by atoms with Gasteiger partial charge in [0.2, 0.25) is 0 Å². The summed E-state index contributed by atoms with van der Waals surface area (Å²) in [5, 5.41) is 0. The fourth-order valence-corrected chi connectivity index (χ4v) is 1.80. The van der Waals surface area contributed by atoms with Crippen molar-refractivity contribution in [3.63, 3.8) is 0 Å². The van der Waals surface area contributed by atoms with Crippen molar-refractivity contribution in [3.8, 4) is 5.75 Å². The SMILES string of the molecule is NC(=S)c1ccccc1COc1ccccc1F. The van der Waals surface area contributed by atoms with Crippen molar-refractivity contribution in [1.29, 1.82) is 0 Å². The zero-order chi connectivity index (χ0) is 13.0. The molecule has 2 nitrogen and oxygen atoms in total. The summed E-state index contributed by atoms with van der Waals surface area (Å²) in [4.78, 5) is 0.308. The molecule has 92 valence electrons. The van der Waals surface area contributed by atoms with Gasteiger partial charge in [0.25, 0.3) is 0 Å². The first-order chi connectivity index (χ1) is 8.68. The number of hydrogen-bond acceptors (Lipinski definition) is 2. The van der Waals surface area contributed by atoms with Crippen LogP contribution in [0.25, 0.3) is 0 Å². The van der Waals surface area contributed by atoms with E-state index in [0.29, 0.717) is 4.99 Å². The van der Waals surface area contributed by atoms with E-state index in [1.165, 1.54) is 6.07 Å². The molecule has 0 aliphatic heterocycles. The second-order valence-corrected chi connectivity index (χ2v) is 4.18. The molecule has 0 atom stereocenters. The predicted octanol–water partition coefficient (Wildman–Crippen LogP) is 3.04. The Morgan fingerprint density at radius 2 is 1.78 bits per heavy atom. The van der Waals surface area contributed by atoms with E-state index < -0.39 is 0 Å². The minimum absolute atomic E-state index is 0.218. The third-order valence-corrected chi connectivity index (χ3v) is 2.72. The fraction of sp³-hybridized carbons (Fsp3) is 0.0714. The van der Waals surface area contributed by atoms with Gasteiger partial charge in [-0.1, -0.05) is 48.6 Å². The van der Waals surface area contributed by atoms with Crippen LogP contribution in [0.3, 0.4) is 0 Å². The molecule has 4 heteroatoms. The van der Waals surface area contributed by atoms with Crippen LogP contribution in [-0.2, 0) is 6.61 Å². The summed E-state index contributed by atoms with van der Waals surface area (Å²) in [6.07, 6.45) is 0. The Hall–Kier alpha value is -1.94. The highest BCUT2D eigenvalue weighted by molar-refractivity contribution is 7.80. The molecule has 2 N–H and O–H groups in total. The van der Waals surface area contributed by atoms with Crippen LogP contribution in [0.15, 0.2) is 48.5 Å². The maximum Gasteiger partial charge on any atom is 0.165 e. The lowest BCUT2D eigenvalue weighted by Gasteiger charge is -2.10. The molecule has 2 rings (SSSR count). The first-order valence-electron chi connectivity index (χ1n) is 5.43. The zero-order valence-corrected chi connectivity index (χ0v) is 10.4. The van der Waals surface area contributed by atoms with Crippen LogP contribution < -0.4 is 10.5 Å². The molecule has 0 unspecified atom stereocenters. The average molecular weight is 261 g/mol. The molecule has 0 amide bonds. The largest absolute Gasteiger partial charge is 0.486 e. The number of para-hydroxylation sites is 1. The van der Waals surface area contributed by atoms with E-state index in [-0.39, 0.29) is 18.2 Å². The smallest absolute Gasteiger partial charge is 0.165 e. The van der Waals surface area contributed by atoms with Gasteiger partial charge >= 0.3 is 0 Å². The first-order valence-corrected chi connectivity index (χ1v) is 5.84. The summed E-state index contributed by atoms with van der Waals surface area (Å²) < 4.78 is 18.8. The third kappa shape index (κ3) is 2.84. The van der Waals surface area contributed by atoms with Gasteiger partial charge < -0.3 is 10.5 Å². The lowest BCUT2D eigenvalue weighted by molar-refractivity contribution is 0.290. The summed E-state index contributed by atoms with van der Waals surface area (Å²) >= 11 is 4.95. The Morgan fingerprint density at radius 1 is 1.11 bits per heavy atom. The van der Waals surface area contributed by atoms with E-state index in [2.05, 4.69) is 0 Å². The van der Waals surface area contributed by atoms with Crippen LogP contribution in [0.1, 0.15) is 11.1 Å². The molecule has 0 aliphatic carbocycles. The molecule has 0 saturated carbocycles. The van der Waals surface area contributed by atoms with Gasteiger partial charge in [0, 0.05) is 5.56 Å². The molecule has 18 heavy (non-hydrogen) atoms. The van der Waals surface area contributed by atoms with Gasteiger partial charge in [-0.3, -0.25) is 0 Å². The highest BCUT2D eigenvalue weighted by Crippen LogP contribution is 2.18. The van der Waals surface area contributed by atoms with E-state index >= 15 is 0 Å². The Kier molecular flexibility index (Phi) is 3.89. The highest BCUT2D eigenvalue weighted by atomic mass is 32.1. The molecule has 0 aliphatic rings. The van der Waals surface area contributed by atoms with E-state index in [9.17, 15) is 4.39 Å². The van der Waals surface area contributed by atoms with Crippen LogP contribution in [0, 0.1) is 5.82 Å². The molecule has 0 radical (unpaired) electrons. The van der Waals surface area contributed by atoms with Crippen LogP contribution >= 0.6 is 12.2 Å². The van der Waals surface area contributed by atoms with Crippen molar-refractivity contribution < 1.29 is 9.13 Å². The van der Waals surface area contributed by atoms with E-state index in [0.717, 1.165) is 11.1 Å². The molecule has 2 aromatic carbocycles. The van der Waals surface area contributed by atoms with Gasteiger partial charge in [0.15, 0.2) is 11.6 Å². The first kappa shape index (κ1) is 12.5. The van der Waals surface area contributed by atoms with E-state index in [1.807, 2.05) is 24.3 Å². The van der Waals surface area contributed by atoms with Crippen molar-refractivity contribution >= 4 is 17.2 Å². The van der Waals surface area contributed by atoms with Crippen molar-refractivity contribution in [3.05, 3.63) is 65.5 Å². The number of hydrogen-bond donors (Lipinski definition) is 1. The number of thiocarbonyl (C=S) groups is 1. The number of halogens is 1. The van der Waals surface area contributed by atoms with Crippen molar-refractivity contribution in [1.82, 2.24) is 0 Å². The summed E-state index contributed by atoms with van der Waals surface area (Å²) in [5.41, 5.74) is 7.21. The summed E-state index contributed by atoms with van der Waals surface area (Å²) in [6, 6.07) is 13.7. The topological polar surface area (TPSA) is 35.2 Å². The third-order valence-electron chi connectivity index (χ3n) is 2.50. The van der Waals surface area contributed by atoms with Gasteiger partial charge in [0.1, 0.15) is 11.6 Å². The molecular formula is C14H12FNOS. The van der Waals surface area contributed by atoms with Gasteiger partial charge in [-0.15, -0.1) is 0 Å². The Balaban J connectivity index is 2.16. The lowest BCUT2D eigenvalue weighted by atomic mass is 10.1. The maximum atomic E-state index is 13.4. The van der Waals surface area contributed by atoms with Crippen molar-refractivity contribution in [2.75, 3.05) is 0 Å². The summed E-state index contributed by atoms with van der Waals surface area (Å²) in [6.45, 7) is 0.231. The normalized spacial score (nSPS) is 10.1. The van der Waals surface area contributed by atoms with Crippen molar-refractivity contribution in [2.45, 2.75) is 6.61 Å². The summed E-state index contributed by atoms with van der Waals surface area (Å²) in [5.74, 6) is -0.166. The van der Waals surface area contributed by atoms with Gasteiger partial charge in [-0.25, -0.2) is 4.39 Å². The number of ether oxygens (including phenoxy) is 1. The second kappa shape index (κ2) is 5.60. The minimum Gasteiger partial charge on any atom is -0.486 e. The van der Waals surface area contributed by atoms with Crippen LogP contribution in [-0.4, -0.2) is 4.99 Å². The fourth-order valence-electron chi connectivity index (χ4n) is 1.60. The van der Waals surface area contributed by atoms with Crippen LogP contribution in [0.2, 0.25) is 0 Å². The Bertz CT molecular complexity index is 571. The zero-order valence-electron chi connectivity index (χ0n) is 9.60. The number of rotatable bonds is 4. The molecular weight excluding hydrogens is 249 g/mol. The lowest BCUT2D eigenvalue weighted by Crippen LogP contribution is -2.13. The van der Waals surface area contributed by atoms with E-state index in [1.54, 1.807) is 18.2 Å². The van der Waals surface area contributed by atoms with Crippen LogP contribution in [0.5, 0.6) is 5.75 Å². The van der Waals surface area contributed by atoms with Crippen LogP contribution in [0.4, 0.5) is 4.39 Å². The Morgan fingerprint density at radius 3 is 2.50 bits per heavy atom. The van der Waals surface area contributed by atoms with Crippen molar-refractivity contribution in [2.24, 2.45) is 5.73 Å². The number of benzene rings is 2.